The zero-order valence-electron chi connectivity index (χ0n) is 15.1. The van der Waals surface area contributed by atoms with Crippen LogP contribution in [0.25, 0.3) is 16.9 Å². The van der Waals surface area contributed by atoms with Gasteiger partial charge < -0.3 is 5.32 Å². The van der Waals surface area contributed by atoms with Crippen LogP contribution in [-0.2, 0) is 6.18 Å². The molecule has 0 aliphatic heterocycles. The smallest absolute Gasteiger partial charge is 0.305 e. The average molecular weight is 432 g/mol. The van der Waals surface area contributed by atoms with Crippen LogP contribution in [0.3, 0.4) is 0 Å². The van der Waals surface area contributed by atoms with E-state index in [1.165, 1.54) is 30.3 Å². The molecule has 0 bridgehead atoms. The van der Waals surface area contributed by atoms with Gasteiger partial charge in [0.2, 0.25) is 0 Å². The van der Waals surface area contributed by atoms with Crippen molar-refractivity contribution in [2.24, 2.45) is 0 Å². The van der Waals surface area contributed by atoms with Crippen LogP contribution in [0.15, 0.2) is 66.9 Å². The van der Waals surface area contributed by atoms with Gasteiger partial charge in [-0.3, -0.25) is 9.89 Å². The van der Waals surface area contributed by atoms with E-state index in [9.17, 15) is 18.0 Å². The normalized spacial score (nSPS) is 11.5. The Morgan fingerprint density at radius 2 is 1.77 bits per heavy atom. The van der Waals surface area contributed by atoms with E-state index >= 15 is 0 Å². The second kappa shape index (κ2) is 7.68. The van der Waals surface area contributed by atoms with Gasteiger partial charge in [-0.1, -0.05) is 41.9 Å². The minimum Gasteiger partial charge on any atom is -0.305 e. The van der Waals surface area contributed by atoms with Gasteiger partial charge >= 0.3 is 6.18 Å². The van der Waals surface area contributed by atoms with Crippen molar-refractivity contribution in [2.75, 3.05) is 5.32 Å². The average Bonchev–Trinajstić information content (AvgIpc) is 3.36. The van der Waals surface area contributed by atoms with Gasteiger partial charge in [0.1, 0.15) is 0 Å². The van der Waals surface area contributed by atoms with Crippen LogP contribution in [0.5, 0.6) is 0 Å². The van der Waals surface area contributed by atoms with Gasteiger partial charge in [-0.15, -0.1) is 0 Å². The van der Waals surface area contributed by atoms with E-state index < -0.39 is 23.3 Å². The number of aromatic amines is 1. The first kappa shape index (κ1) is 19.7. The van der Waals surface area contributed by atoms with E-state index in [1.807, 2.05) is 30.3 Å². The van der Waals surface area contributed by atoms with E-state index in [1.54, 1.807) is 0 Å². The minimum atomic E-state index is -4.82. The van der Waals surface area contributed by atoms with Gasteiger partial charge in [-0.2, -0.15) is 23.4 Å². The lowest BCUT2D eigenvalue weighted by atomic mass is 10.1. The number of hydrogen-bond acceptors (Lipinski definition) is 3. The van der Waals surface area contributed by atoms with Crippen molar-refractivity contribution in [1.82, 2.24) is 20.0 Å². The summed E-state index contributed by atoms with van der Waals surface area (Å²) in [4.78, 5) is 12.6. The zero-order valence-corrected chi connectivity index (χ0v) is 15.9. The van der Waals surface area contributed by atoms with Crippen LogP contribution in [0.2, 0.25) is 5.02 Å². The highest BCUT2D eigenvalue weighted by Crippen LogP contribution is 2.34. The molecule has 0 fully saturated rings. The van der Waals surface area contributed by atoms with Crippen LogP contribution >= 0.6 is 11.6 Å². The third-order valence-electron chi connectivity index (χ3n) is 4.26. The molecule has 2 N–H and O–H groups in total. The predicted octanol–water partition coefficient (Wildman–Crippen LogP) is 5.19. The summed E-state index contributed by atoms with van der Waals surface area (Å²) >= 11 is 5.80. The third kappa shape index (κ3) is 3.92. The summed E-state index contributed by atoms with van der Waals surface area (Å²) in [6.45, 7) is 0. The standard InChI is InChI=1S/C20H13ClF3N5O/c21-13-6-8-14(9-7-13)29-18(20(22,23)24)15(11-25-29)19(30)26-17-10-16(27-28-17)12-4-2-1-3-5-12/h1-11H,(H2,26,27,28,30). The third-order valence-corrected chi connectivity index (χ3v) is 4.51. The fourth-order valence-corrected chi connectivity index (χ4v) is 3.03. The Hall–Kier alpha value is -3.59. The summed E-state index contributed by atoms with van der Waals surface area (Å²) in [5, 5.41) is 13.2. The van der Waals surface area contributed by atoms with E-state index in [0.717, 1.165) is 11.8 Å². The predicted molar refractivity (Wildman–Crippen MR) is 106 cm³/mol. The number of carbonyl (C=O) groups is 1. The molecule has 0 saturated carbocycles. The number of benzene rings is 2. The van der Waals surface area contributed by atoms with Gasteiger partial charge in [0.05, 0.1) is 23.1 Å². The number of alkyl halides is 3. The first-order valence-corrected chi connectivity index (χ1v) is 9.04. The molecule has 0 unspecified atom stereocenters. The molecule has 30 heavy (non-hydrogen) atoms. The van der Waals surface area contributed by atoms with Crippen molar-refractivity contribution in [2.45, 2.75) is 6.18 Å². The summed E-state index contributed by atoms with van der Waals surface area (Å²) in [6, 6.07) is 16.3. The Morgan fingerprint density at radius 1 is 1.07 bits per heavy atom. The van der Waals surface area contributed by atoms with Crippen LogP contribution in [0, 0.1) is 0 Å². The van der Waals surface area contributed by atoms with Gasteiger partial charge in [0, 0.05) is 11.1 Å². The van der Waals surface area contributed by atoms with E-state index in [4.69, 9.17) is 11.6 Å². The van der Waals surface area contributed by atoms with Gasteiger partial charge in [-0.25, -0.2) is 4.68 Å². The molecule has 0 spiro atoms. The topological polar surface area (TPSA) is 75.6 Å². The molecule has 4 rings (SSSR count). The molecule has 2 heterocycles. The lowest BCUT2D eigenvalue weighted by Crippen LogP contribution is -2.20. The minimum absolute atomic E-state index is 0.0891. The number of H-pyrrole nitrogens is 1. The number of aromatic nitrogens is 4. The van der Waals surface area contributed by atoms with Crippen LogP contribution in [0.4, 0.5) is 19.0 Å². The fraction of sp³-hybridized carbons (Fsp3) is 0.0500. The zero-order chi connectivity index (χ0) is 21.3. The molecule has 6 nitrogen and oxygen atoms in total. The number of nitrogens with zero attached hydrogens (tertiary/aromatic N) is 3. The highest BCUT2D eigenvalue weighted by atomic mass is 35.5. The fourth-order valence-electron chi connectivity index (χ4n) is 2.90. The Bertz CT molecular complexity index is 1180. The number of rotatable bonds is 4. The Kier molecular flexibility index (Phi) is 5.04. The Balaban J connectivity index is 1.65. The van der Waals surface area contributed by atoms with Crippen molar-refractivity contribution in [3.8, 4) is 16.9 Å². The van der Waals surface area contributed by atoms with Crippen molar-refractivity contribution < 1.29 is 18.0 Å². The molecule has 2 aromatic heterocycles. The summed E-state index contributed by atoms with van der Waals surface area (Å²) in [6.07, 6.45) is -3.94. The Labute approximate surface area is 173 Å². The second-order valence-corrected chi connectivity index (χ2v) is 6.72. The second-order valence-electron chi connectivity index (χ2n) is 6.28. The number of halogens is 4. The monoisotopic (exact) mass is 431 g/mol. The maximum atomic E-state index is 13.7. The molecule has 0 radical (unpaired) electrons. The molecule has 152 valence electrons. The van der Waals surface area contributed by atoms with Gasteiger partial charge in [-0.05, 0) is 29.8 Å². The molecule has 2 aromatic carbocycles. The molecule has 10 heteroatoms. The molecular weight excluding hydrogens is 419 g/mol. The highest BCUT2D eigenvalue weighted by Gasteiger charge is 2.40. The number of amides is 1. The highest BCUT2D eigenvalue weighted by molar-refractivity contribution is 6.30. The Morgan fingerprint density at radius 3 is 2.43 bits per heavy atom. The SMILES string of the molecule is O=C(Nc1cc(-c2ccccc2)[nH]n1)c1cnn(-c2ccc(Cl)cc2)c1C(F)(F)F. The number of nitrogens with one attached hydrogen (secondary N) is 2. The number of hydrogen-bond donors (Lipinski definition) is 2. The summed E-state index contributed by atoms with van der Waals surface area (Å²) < 4.78 is 41.9. The number of carbonyl (C=O) groups excluding carboxylic acids is 1. The summed E-state index contributed by atoms with van der Waals surface area (Å²) in [5.41, 5.74) is -0.268. The molecular formula is C20H13ClF3N5O. The summed E-state index contributed by atoms with van der Waals surface area (Å²) in [7, 11) is 0. The van der Waals surface area contributed by atoms with Crippen molar-refractivity contribution >= 4 is 23.3 Å². The van der Waals surface area contributed by atoms with Gasteiger partial charge in [0.15, 0.2) is 11.5 Å². The van der Waals surface area contributed by atoms with Gasteiger partial charge in [0.25, 0.3) is 5.91 Å². The molecule has 0 aliphatic rings. The van der Waals surface area contributed by atoms with Crippen molar-refractivity contribution in [3.05, 3.63) is 83.1 Å². The molecule has 1 amide bonds. The van der Waals surface area contributed by atoms with Crippen LogP contribution in [0.1, 0.15) is 16.1 Å². The first-order chi connectivity index (χ1) is 14.3. The summed E-state index contributed by atoms with van der Waals surface area (Å²) in [5.74, 6) is -0.889. The maximum Gasteiger partial charge on any atom is 0.434 e. The quantitative estimate of drug-likeness (QED) is 0.467. The maximum absolute atomic E-state index is 13.7. The molecule has 0 saturated heterocycles. The number of anilines is 1. The van der Waals surface area contributed by atoms with E-state index in [2.05, 4.69) is 20.6 Å². The van der Waals surface area contributed by atoms with E-state index in [0.29, 0.717) is 15.4 Å². The van der Waals surface area contributed by atoms with Crippen LogP contribution in [-0.4, -0.2) is 25.9 Å². The molecule has 0 aliphatic carbocycles. The van der Waals surface area contributed by atoms with E-state index in [-0.39, 0.29) is 11.5 Å². The van der Waals surface area contributed by atoms with Crippen LogP contribution < -0.4 is 5.32 Å². The molecule has 0 atom stereocenters. The van der Waals surface area contributed by atoms with Crippen molar-refractivity contribution in [3.63, 3.8) is 0 Å². The largest absolute Gasteiger partial charge is 0.434 e. The van der Waals surface area contributed by atoms with Crippen molar-refractivity contribution in [1.29, 1.82) is 0 Å². The first-order valence-electron chi connectivity index (χ1n) is 8.66. The lowest BCUT2D eigenvalue weighted by Gasteiger charge is -2.12. The lowest BCUT2D eigenvalue weighted by molar-refractivity contribution is -0.143. The molecule has 4 aromatic rings.